The number of benzene rings is 1. The first-order chi connectivity index (χ1) is 12.5. The van der Waals surface area contributed by atoms with E-state index in [9.17, 15) is 0 Å². The molecule has 2 aromatic heterocycles. The molecule has 1 saturated carbocycles. The Balaban J connectivity index is 1.73. The van der Waals surface area contributed by atoms with Crippen molar-refractivity contribution in [3.05, 3.63) is 42.7 Å². The molecule has 26 heavy (non-hydrogen) atoms. The second-order valence-corrected chi connectivity index (χ2v) is 7.47. The topological polar surface area (TPSA) is 55.5 Å². The second-order valence-electron chi connectivity index (χ2n) is 7.47. The van der Waals surface area contributed by atoms with Gasteiger partial charge in [0, 0.05) is 36.7 Å². The van der Waals surface area contributed by atoms with Crippen molar-refractivity contribution in [3.8, 4) is 11.3 Å². The van der Waals surface area contributed by atoms with E-state index in [0.29, 0.717) is 17.9 Å². The molecule has 0 amide bonds. The normalized spacial score (nSPS) is 21.5. The average Bonchev–Trinajstić information content (AvgIpc) is 3.13. The van der Waals surface area contributed by atoms with Gasteiger partial charge in [0.05, 0.1) is 11.8 Å². The Morgan fingerprint density at radius 1 is 1.27 bits per heavy atom. The van der Waals surface area contributed by atoms with Crippen LogP contribution in [0.1, 0.15) is 27.2 Å². The second kappa shape index (κ2) is 6.36. The van der Waals surface area contributed by atoms with E-state index in [4.69, 9.17) is 4.74 Å². The van der Waals surface area contributed by atoms with Crippen LogP contribution in [0.25, 0.3) is 17.0 Å². The molecule has 0 radical (unpaired) electrons. The van der Waals surface area contributed by atoms with Crippen LogP contribution in [0.2, 0.25) is 0 Å². The molecule has 0 bridgehead atoms. The zero-order chi connectivity index (χ0) is 18.3. The highest BCUT2D eigenvalue weighted by Gasteiger charge is 2.51. The molecule has 1 aromatic carbocycles. The minimum absolute atomic E-state index is 0.0772. The van der Waals surface area contributed by atoms with Crippen molar-refractivity contribution in [2.45, 2.75) is 39.3 Å². The first-order valence-corrected chi connectivity index (χ1v) is 9.13. The lowest BCUT2D eigenvalue weighted by molar-refractivity contribution is -0.104. The predicted molar refractivity (Wildman–Crippen MR) is 102 cm³/mol. The van der Waals surface area contributed by atoms with E-state index in [1.165, 1.54) is 0 Å². The van der Waals surface area contributed by atoms with Gasteiger partial charge in [-0.1, -0.05) is 44.2 Å². The van der Waals surface area contributed by atoms with Gasteiger partial charge in [-0.2, -0.15) is 14.6 Å². The summed E-state index contributed by atoms with van der Waals surface area (Å²) in [5.41, 5.74) is 2.06. The fourth-order valence-electron chi connectivity index (χ4n) is 3.97. The molecule has 0 N–H and O–H groups in total. The van der Waals surface area contributed by atoms with E-state index in [2.05, 4.69) is 66.0 Å². The molecular weight excluding hydrogens is 326 g/mol. The number of anilines is 1. The molecule has 2 unspecified atom stereocenters. The Hall–Kier alpha value is -2.47. The highest BCUT2D eigenvalue weighted by atomic mass is 16.5. The number of ether oxygens (including phenoxy) is 1. The van der Waals surface area contributed by atoms with Crippen molar-refractivity contribution >= 4 is 11.6 Å². The van der Waals surface area contributed by atoms with E-state index in [0.717, 1.165) is 30.1 Å². The maximum absolute atomic E-state index is 5.90. The van der Waals surface area contributed by atoms with Gasteiger partial charge < -0.3 is 9.64 Å². The molecule has 1 fully saturated rings. The summed E-state index contributed by atoms with van der Waals surface area (Å²) in [6.07, 6.45) is 2.86. The van der Waals surface area contributed by atoms with Gasteiger partial charge in [0.1, 0.15) is 12.1 Å². The van der Waals surface area contributed by atoms with E-state index in [-0.39, 0.29) is 5.41 Å². The van der Waals surface area contributed by atoms with Crippen molar-refractivity contribution in [1.82, 2.24) is 19.6 Å². The Morgan fingerprint density at radius 2 is 2.04 bits per heavy atom. The molecule has 1 aliphatic rings. The Bertz CT molecular complexity index is 905. The van der Waals surface area contributed by atoms with Crippen LogP contribution in [-0.4, -0.2) is 45.4 Å². The lowest BCUT2D eigenvalue weighted by Gasteiger charge is -2.55. The number of fused-ring (bicyclic) bond motifs is 1. The SMILES string of the molecule is CCOC1CC(N(C)c2cc(-c3ccccc3)nc3ncnn23)C1(C)C. The first kappa shape index (κ1) is 17.0. The smallest absolute Gasteiger partial charge is 0.254 e. The van der Waals surface area contributed by atoms with Gasteiger partial charge >= 0.3 is 0 Å². The molecular formula is C20H25N5O. The Labute approximate surface area is 153 Å². The van der Waals surface area contributed by atoms with Crippen molar-refractivity contribution in [3.63, 3.8) is 0 Å². The van der Waals surface area contributed by atoms with Gasteiger partial charge in [0.15, 0.2) is 0 Å². The summed E-state index contributed by atoms with van der Waals surface area (Å²) in [5.74, 6) is 1.62. The molecule has 6 heteroatoms. The van der Waals surface area contributed by atoms with Crippen LogP contribution in [0.3, 0.4) is 0 Å². The third-order valence-corrected chi connectivity index (χ3v) is 5.63. The standard InChI is InChI=1S/C20H25N5O/c1-5-26-17-12-16(20(17,2)3)24(4)18-11-15(14-9-7-6-8-10-14)23-19-21-13-22-25(18)19/h6-11,13,16-17H,5,12H2,1-4H3. The van der Waals surface area contributed by atoms with Crippen LogP contribution in [0.5, 0.6) is 0 Å². The molecule has 0 aliphatic heterocycles. The molecule has 136 valence electrons. The van der Waals surface area contributed by atoms with Gasteiger partial charge in [-0.15, -0.1) is 0 Å². The molecule has 3 aromatic rings. The minimum Gasteiger partial charge on any atom is -0.378 e. The molecule has 2 heterocycles. The molecule has 2 atom stereocenters. The van der Waals surface area contributed by atoms with Crippen LogP contribution in [0.4, 0.5) is 5.82 Å². The maximum atomic E-state index is 5.90. The molecule has 0 spiro atoms. The Kier molecular flexibility index (Phi) is 4.15. The van der Waals surface area contributed by atoms with Crippen LogP contribution in [0, 0.1) is 5.41 Å². The highest BCUT2D eigenvalue weighted by Crippen LogP contribution is 2.46. The van der Waals surface area contributed by atoms with Gasteiger partial charge in [0.2, 0.25) is 0 Å². The zero-order valence-electron chi connectivity index (χ0n) is 15.8. The quantitative estimate of drug-likeness (QED) is 0.705. The third-order valence-electron chi connectivity index (χ3n) is 5.63. The predicted octanol–water partition coefficient (Wildman–Crippen LogP) is 3.43. The number of hydrogen-bond donors (Lipinski definition) is 0. The third kappa shape index (κ3) is 2.65. The molecule has 4 rings (SSSR count). The van der Waals surface area contributed by atoms with Gasteiger partial charge in [-0.25, -0.2) is 4.98 Å². The van der Waals surface area contributed by atoms with E-state index >= 15 is 0 Å². The van der Waals surface area contributed by atoms with Crippen molar-refractivity contribution in [2.24, 2.45) is 5.41 Å². The molecule has 6 nitrogen and oxygen atoms in total. The monoisotopic (exact) mass is 351 g/mol. The zero-order valence-corrected chi connectivity index (χ0v) is 15.8. The van der Waals surface area contributed by atoms with Gasteiger partial charge in [-0.3, -0.25) is 0 Å². The van der Waals surface area contributed by atoms with E-state index in [1.54, 1.807) is 6.33 Å². The number of nitrogens with zero attached hydrogens (tertiary/aromatic N) is 5. The van der Waals surface area contributed by atoms with E-state index in [1.807, 2.05) is 22.7 Å². The molecule has 1 aliphatic carbocycles. The number of rotatable bonds is 5. The fraction of sp³-hybridized carbons (Fsp3) is 0.450. The minimum atomic E-state index is 0.0772. The molecule has 0 saturated heterocycles. The summed E-state index contributed by atoms with van der Waals surface area (Å²) in [4.78, 5) is 11.3. The van der Waals surface area contributed by atoms with Crippen LogP contribution in [-0.2, 0) is 4.74 Å². The summed E-state index contributed by atoms with van der Waals surface area (Å²) in [7, 11) is 2.12. The van der Waals surface area contributed by atoms with Crippen molar-refractivity contribution in [1.29, 1.82) is 0 Å². The lowest BCUT2D eigenvalue weighted by atomic mass is 9.64. The summed E-state index contributed by atoms with van der Waals surface area (Å²) in [6.45, 7) is 7.36. The van der Waals surface area contributed by atoms with E-state index < -0.39 is 0 Å². The number of hydrogen-bond acceptors (Lipinski definition) is 5. The lowest BCUT2D eigenvalue weighted by Crippen LogP contribution is -2.61. The summed E-state index contributed by atoms with van der Waals surface area (Å²) >= 11 is 0. The van der Waals surface area contributed by atoms with Crippen LogP contribution >= 0.6 is 0 Å². The van der Waals surface area contributed by atoms with Gasteiger partial charge in [0.25, 0.3) is 5.78 Å². The van der Waals surface area contributed by atoms with Gasteiger partial charge in [-0.05, 0) is 13.3 Å². The summed E-state index contributed by atoms with van der Waals surface area (Å²) < 4.78 is 7.72. The van der Waals surface area contributed by atoms with Crippen LogP contribution in [0.15, 0.2) is 42.7 Å². The Morgan fingerprint density at radius 3 is 2.73 bits per heavy atom. The maximum Gasteiger partial charge on any atom is 0.254 e. The van der Waals surface area contributed by atoms with Crippen molar-refractivity contribution < 1.29 is 4.74 Å². The fourth-order valence-corrected chi connectivity index (χ4v) is 3.97. The van der Waals surface area contributed by atoms with Crippen LogP contribution < -0.4 is 4.90 Å². The number of aromatic nitrogens is 4. The summed E-state index contributed by atoms with van der Waals surface area (Å²) in [5, 5.41) is 4.39. The highest BCUT2D eigenvalue weighted by molar-refractivity contribution is 5.66. The summed E-state index contributed by atoms with van der Waals surface area (Å²) in [6, 6.07) is 12.7. The average molecular weight is 351 g/mol. The first-order valence-electron chi connectivity index (χ1n) is 9.13. The van der Waals surface area contributed by atoms with Crippen molar-refractivity contribution in [2.75, 3.05) is 18.6 Å². The largest absolute Gasteiger partial charge is 0.378 e.